The quantitative estimate of drug-likeness (QED) is 0.816. The molecule has 16 heavy (non-hydrogen) atoms. The van der Waals surface area contributed by atoms with Crippen molar-refractivity contribution in [2.75, 3.05) is 11.9 Å². The van der Waals surface area contributed by atoms with Gasteiger partial charge in [-0.3, -0.25) is 0 Å². The Kier molecular flexibility index (Phi) is 4.34. The lowest BCUT2D eigenvalue weighted by Crippen LogP contribution is -2.29. The highest BCUT2D eigenvalue weighted by Crippen LogP contribution is 2.17. The molecule has 0 saturated heterocycles. The summed E-state index contributed by atoms with van der Waals surface area (Å²) in [5, 5.41) is 14.3. The summed E-state index contributed by atoms with van der Waals surface area (Å²) in [4.78, 5) is 11.4. The third kappa shape index (κ3) is 2.99. The van der Waals surface area contributed by atoms with E-state index in [1.807, 2.05) is 26.0 Å². The third-order valence-electron chi connectivity index (χ3n) is 2.17. The number of nitrogens with one attached hydrogen (secondary N) is 2. The minimum Gasteiger partial charge on any atom is -0.338 e. The monoisotopic (exact) mass is 217 g/mol. The summed E-state index contributed by atoms with van der Waals surface area (Å²) in [6.07, 6.45) is 0.881. The molecular weight excluding hydrogens is 202 g/mol. The van der Waals surface area contributed by atoms with Gasteiger partial charge >= 0.3 is 6.03 Å². The average molecular weight is 217 g/mol. The minimum atomic E-state index is -0.274. The van der Waals surface area contributed by atoms with Gasteiger partial charge in [-0.05, 0) is 25.0 Å². The Hall–Kier alpha value is -2.02. The van der Waals surface area contributed by atoms with E-state index < -0.39 is 0 Å². The van der Waals surface area contributed by atoms with Crippen molar-refractivity contribution < 1.29 is 4.79 Å². The highest BCUT2D eigenvalue weighted by molar-refractivity contribution is 5.90. The lowest BCUT2D eigenvalue weighted by molar-refractivity contribution is 0.252. The fourth-order valence-corrected chi connectivity index (χ4v) is 1.33. The zero-order valence-corrected chi connectivity index (χ0v) is 9.50. The molecule has 0 aliphatic rings. The number of benzene rings is 1. The Morgan fingerprint density at radius 2 is 2.25 bits per heavy atom. The van der Waals surface area contributed by atoms with E-state index in [-0.39, 0.29) is 6.03 Å². The van der Waals surface area contributed by atoms with Crippen LogP contribution in [0.2, 0.25) is 0 Å². The Balaban J connectivity index is 2.78. The van der Waals surface area contributed by atoms with Gasteiger partial charge in [-0.15, -0.1) is 0 Å². The molecule has 0 radical (unpaired) electrons. The molecule has 0 spiro atoms. The molecule has 0 aliphatic heterocycles. The Bertz CT molecular complexity index is 421. The van der Waals surface area contributed by atoms with E-state index >= 15 is 0 Å². The Labute approximate surface area is 95.3 Å². The van der Waals surface area contributed by atoms with Gasteiger partial charge in [-0.25, -0.2) is 4.79 Å². The molecule has 2 N–H and O–H groups in total. The normalized spacial score (nSPS) is 9.31. The molecule has 0 atom stereocenters. The topological polar surface area (TPSA) is 64.9 Å². The Morgan fingerprint density at radius 3 is 2.88 bits per heavy atom. The first-order valence-corrected chi connectivity index (χ1v) is 5.23. The second-order valence-corrected chi connectivity index (χ2v) is 3.49. The summed E-state index contributed by atoms with van der Waals surface area (Å²) >= 11 is 0. The van der Waals surface area contributed by atoms with Crippen LogP contribution in [-0.4, -0.2) is 12.6 Å². The number of carbonyl (C=O) groups is 1. The molecule has 84 valence electrons. The van der Waals surface area contributed by atoms with Crippen LogP contribution in [0, 0.1) is 18.3 Å². The van der Waals surface area contributed by atoms with Gasteiger partial charge in [0.15, 0.2) is 0 Å². The van der Waals surface area contributed by atoms with Gasteiger partial charge in [0.25, 0.3) is 0 Å². The predicted molar refractivity (Wildman–Crippen MR) is 63.2 cm³/mol. The second-order valence-electron chi connectivity index (χ2n) is 3.49. The number of amides is 2. The molecule has 4 nitrogen and oxygen atoms in total. The molecule has 0 bridgehead atoms. The van der Waals surface area contributed by atoms with Crippen LogP contribution in [0.25, 0.3) is 0 Å². The van der Waals surface area contributed by atoms with Gasteiger partial charge in [0.2, 0.25) is 0 Å². The fourth-order valence-electron chi connectivity index (χ4n) is 1.33. The SMILES string of the molecule is CCCNC(=O)Nc1cccc(C)c1C#N. The van der Waals surface area contributed by atoms with Gasteiger partial charge in [-0.1, -0.05) is 19.1 Å². The largest absolute Gasteiger partial charge is 0.338 e. The van der Waals surface area contributed by atoms with E-state index in [4.69, 9.17) is 5.26 Å². The van der Waals surface area contributed by atoms with Crippen LogP contribution >= 0.6 is 0 Å². The van der Waals surface area contributed by atoms with Crippen LogP contribution in [0.15, 0.2) is 18.2 Å². The number of anilines is 1. The molecule has 1 aromatic carbocycles. The van der Waals surface area contributed by atoms with Gasteiger partial charge in [0.05, 0.1) is 11.3 Å². The standard InChI is InChI=1S/C12H15N3O/c1-3-7-14-12(16)15-11-6-4-5-9(2)10(11)8-13/h4-6H,3,7H2,1-2H3,(H2,14,15,16). The van der Waals surface area contributed by atoms with E-state index in [0.29, 0.717) is 17.8 Å². The molecule has 1 aromatic rings. The van der Waals surface area contributed by atoms with E-state index in [0.717, 1.165) is 12.0 Å². The van der Waals surface area contributed by atoms with Crippen molar-refractivity contribution >= 4 is 11.7 Å². The summed E-state index contributed by atoms with van der Waals surface area (Å²) < 4.78 is 0. The van der Waals surface area contributed by atoms with Crippen LogP contribution < -0.4 is 10.6 Å². The Morgan fingerprint density at radius 1 is 1.50 bits per heavy atom. The summed E-state index contributed by atoms with van der Waals surface area (Å²) in [7, 11) is 0. The summed E-state index contributed by atoms with van der Waals surface area (Å²) in [5.74, 6) is 0. The molecule has 2 amide bonds. The van der Waals surface area contributed by atoms with Crippen LogP contribution in [0.5, 0.6) is 0 Å². The average Bonchev–Trinajstić information content (AvgIpc) is 2.27. The number of aryl methyl sites for hydroxylation is 1. The number of urea groups is 1. The number of rotatable bonds is 3. The lowest BCUT2D eigenvalue weighted by atomic mass is 10.1. The first kappa shape index (κ1) is 12.1. The maximum atomic E-state index is 11.4. The molecule has 0 aromatic heterocycles. The zero-order chi connectivity index (χ0) is 12.0. The second kappa shape index (κ2) is 5.76. The minimum absolute atomic E-state index is 0.274. The first-order valence-electron chi connectivity index (χ1n) is 5.23. The van der Waals surface area contributed by atoms with Crippen LogP contribution in [0.3, 0.4) is 0 Å². The molecule has 4 heteroatoms. The van der Waals surface area contributed by atoms with Crippen molar-refractivity contribution in [3.05, 3.63) is 29.3 Å². The van der Waals surface area contributed by atoms with Crippen LogP contribution in [0.1, 0.15) is 24.5 Å². The van der Waals surface area contributed by atoms with Crippen molar-refractivity contribution in [1.82, 2.24) is 5.32 Å². The number of hydrogen-bond acceptors (Lipinski definition) is 2. The van der Waals surface area contributed by atoms with E-state index in [2.05, 4.69) is 16.7 Å². The predicted octanol–water partition coefficient (Wildman–Crippen LogP) is 2.40. The van der Waals surface area contributed by atoms with E-state index in [9.17, 15) is 4.79 Å². The maximum Gasteiger partial charge on any atom is 0.319 e. The molecule has 0 unspecified atom stereocenters. The van der Waals surface area contributed by atoms with Gasteiger partial charge in [0, 0.05) is 6.54 Å². The lowest BCUT2D eigenvalue weighted by Gasteiger charge is -2.09. The number of carbonyl (C=O) groups excluding carboxylic acids is 1. The number of hydrogen-bond donors (Lipinski definition) is 2. The summed E-state index contributed by atoms with van der Waals surface area (Å²) in [6.45, 7) is 4.45. The van der Waals surface area contributed by atoms with Crippen molar-refractivity contribution in [1.29, 1.82) is 5.26 Å². The maximum absolute atomic E-state index is 11.4. The van der Waals surface area contributed by atoms with E-state index in [1.54, 1.807) is 6.07 Å². The first-order chi connectivity index (χ1) is 7.69. The molecular formula is C12H15N3O. The number of nitriles is 1. The highest BCUT2D eigenvalue weighted by Gasteiger charge is 2.07. The van der Waals surface area contributed by atoms with Crippen LogP contribution in [-0.2, 0) is 0 Å². The van der Waals surface area contributed by atoms with Crippen molar-refractivity contribution in [3.8, 4) is 6.07 Å². The molecule has 0 fully saturated rings. The van der Waals surface area contributed by atoms with Crippen molar-refractivity contribution in [2.45, 2.75) is 20.3 Å². The van der Waals surface area contributed by atoms with Crippen LogP contribution in [0.4, 0.5) is 10.5 Å². The molecule has 0 heterocycles. The smallest absolute Gasteiger partial charge is 0.319 e. The van der Waals surface area contributed by atoms with Gasteiger partial charge in [0.1, 0.15) is 6.07 Å². The molecule has 0 saturated carbocycles. The van der Waals surface area contributed by atoms with E-state index in [1.165, 1.54) is 0 Å². The van der Waals surface area contributed by atoms with Gasteiger partial charge in [-0.2, -0.15) is 5.26 Å². The highest BCUT2D eigenvalue weighted by atomic mass is 16.2. The number of nitrogens with zero attached hydrogens (tertiary/aromatic N) is 1. The molecule has 1 rings (SSSR count). The zero-order valence-electron chi connectivity index (χ0n) is 9.50. The van der Waals surface area contributed by atoms with Crippen molar-refractivity contribution in [2.24, 2.45) is 0 Å². The van der Waals surface area contributed by atoms with Gasteiger partial charge < -0.3 is 10.6 Å². The third-order valence-corrected chi connectivity index (χ3v) is 2.17. The fraction of sp³-hybridized carbons (Fsp3) is 0.333. The molecule has 0 aliphatic carbocycles. The van der Waals surface area contributed by atoms with Crippen molar-refractivity contribution in [3.63, 3.8) is 0 Å². The summed E-state index contributed by atoms with van der Waals surface area (Å²) in [5.41, 5.74) is 1.92. The summed E-state index contributed by atoms with van der Waals surface area (Å²) in [6, 6.07) is 7.18.